The Balaban J connectivity index is 1.96. The summed E-state index contributed by atoms with van der Waals surface area (Å²) in [6.45, 7) is 0. The van der Waals surface area contributed by atoms with Crippen LogP contribution in [0.1, 0.15) is 17.2 Å². The van der Waals surface area contributed by atoms with Gasteiger partial charge in [-0.3, -0.25) is 9.97 Å². The molecule has 3 nitrogen and oxygen atoms in total. The van der Waals surface area contributed by atoms with Gasteiger partial charge in [0.2, 0.25) is 0 Å². The quantitative estimate of drug-likeness (QED) is 0.777. The van der Waals surface area contributed by atoms with Crippen molar-refractivity contribution in [2.24, 2.45) is 0 Å². The van der Waals surface area contributed by atoms with E-state index in [1.54, 1.807) is 24.8 Å². The van der Waals surface area contributed by atoms with Crippen molar-refractivity contribution in [1.29, 1.82) is 0 Å². The van der Waals surface area contributed by atoms with Crippen molar-refractivity contribution >= 4 is 10.8 Å². The summed E-state index contributed by atoms with van der Waals surface area (Å²) in [5.74, 6) is 0. The van der Waals surface area contributed by atoms with Gasteiger partial charge in [0.15, 0.2) is 0 Å². The van der Waals surface area contributed by atoms with Crippen LogP contribution < -0.4 is 0 Å². The van der Waals surface area contributed by atoms with Gasteiger partial charge in [0.25, 0.3) is 0 Å². The molecule has 0 aliphatic rings. The molecule has 0 radical (unpaired) electrons. The van der Waals surface area contributed by atoms with Crippen LogP contribution in [0.4, 0.5) is 0 Å². The molecule has 0 bridgehead atoms. The van der Waals surface area contributed by atoms with Gasteiger partial charge in [-0.25, -0.2) is 0 Å². The van der Waals surface area contributed by atoms with E-state index in [1.165, 1.54) is 0 Å². The number of nitrogens with zero attached hydrogens (tertiary/aromatic N) is 2. The number of rotatable bonds is 3. The third kappa shape index (κ3) is 2.46. The number of hydrogen-bond donors (Lipinski definition) is 1. The van der Waals surface area contributed by atoms with Gasteiger partial charge in [-0.05, 0) is 28.6 Å². The standard InChI is InChI=1S/C16H14N2O/c19-16(9-12-3-2-7-17-10-12)14-5-1-4-13-6-8-18-11-15(13)14/h1-8,10-11,16,19H,9H2. The third-order valence-corrected chi connectivity index (χ3v) is 3.23. The van der Waals surface area contributed by atoms with Gasteiger partial charge in [-0.1, -0.05) is 24.3 Å². The highest BCUT2D eigenvalue weighted by Gasteiger charge is 2.11. The zero-order chi connectivity index (χ0) is 13.1. The lowest BCUT2D eigenvalue weighted by atomic mass is 9.98. The Labute approximate surface area is 111 Å². The van der Waals surface area contributed by atoms with E-state index in [0.29, 0.717) is 6.42 Å². The first-order valence-corrected chi connectivity index (χ1v) is 6.24. The fraction of sp³-hybridized carbons (Fsp3) is 0.125. The summed E-state index contributed by atoms with van der Waals surface area (Å²) in [5, 5.41) is 12.5. The van der Waals surface area contributed by atoms with E-state index in [1.807, 2.05) is 36.4 Å². The predicted molar refractivity (Wildman–Crippen MR) is 74.6 cm³/mol. The van der Waals surface area contributed by atoms with Gasteiger partial charge in [0, 0.05) is 36.6 Å². The first kappa shape index (κ1) is 11.8. The molecule has 3 rings (SSSR count). The number of pyridine rings is 2. The van der Waals surface area contributed by atoms with Crippen molar-refractivity contribution in [3.05, 3.63) is 72.3 Å². The molecule has 2 aromatic heterocycles. The Kier molecular flexibility index (Phi) is 3.21. The molecule has 0 aliphatic heterocycles. The molecule has 94 valence electrons. The molecule has 19 heavy (non-hydrogen) atoms. The highest BCUT2D eigenvalue weighted by atomic mass is 16.3. The Morgan fingerprint density at radius 1 is 0.947 bits per heavy atom. The number of aliphatic hydroxyl groups excluding tert-OH is 1. The van der Waals surface area contributed by atoms with Crippen molar-refractivity contribution in [3.63, 3.8) is 0 Å². The van der Waals surface area contributed by atoms with Crippen LogP contribution in [0.3, 0.4) is 0 Å². The van der Waals surface area contributed by atoms with Crippen LogP contribution in [0, 0.1) is 0 Å². The maximum Gasteiger partial charge on any atom is 0.0837 e. The van der Waals surface area contributed by atoms with Crippen LogP contribution >= 0.6 is 0 Å². The molecular formula is C16H14N2O. The fourth-order valence-electron chi connectivity index (χ4n) is 2.28. The molecule has 0 saturated carbocycles. The van der Waals surface area contributed by atoms with Gasteiger partial charge in [0.05, 0.1) is 6.10 Å². The molecule has 3 aromatic rings. The summed E-state index contributed by atoms with van der Waals surface area (Å²) in [6.07, 6.45) is 7.10. The largest absolute Gasteiger partial charge is 0.388 e. The van der Waals surface area contributed by atoms with E-state index in [4.69, 9.17) is 0 Å². The summed E-state index contributed by atoms with van der Waals surface area (Å²) in [6, 6.07) is 11.7. The van der Waals surface area contributed by atoms with E-state index in [9.17, 15) is 5.11 Å². The van der Waals surface area contributed by atoms with E-state index in [2.05, 4.69) is 9.97 Å². The van der Waals surface area contributed by atoms with Gasteiger partial charge in [-0.2, -0.15) is 0 Å². The Morgan fingerprint density at radius 3 is 2.68 bits per heavy atom. The summed E-state index contributed by atoms with van der Waals surface area (Å²) in [7, 11) is 0. The second-order valence-corrected chi connectivity index (χ2v) is 4.53. The topological polar surface area (TPSA) is 46.0 Å². The number of fused-ring (bicyclic) bond motifs is 1. The van der Waals surface area contributed by atoms with Crippen molar-refractivity contribution in [1.82, 2.24) is 9.97 Å². The molecule has 1 aromatic carbocycles. The molecule has 0 fully saturated rings. The molecule has 1 atom stereocenters. The van der Waals surface area contributed by atoms with Gasteiger partial charge in [-0.15, -0.1) is 0 Å². The van der Waals surface area contributed by atoms with Crippen molar-refractivity contribution in [3.8, 4) is 0 Å². The van der Waals surface area contributed by atoms with E-state index in [-0.39, 0.29) is 0 Å². The average Bonchev–Trinajstić information content (AvgIpc) is 2.47. The van der Waals surface area contributed by atoms with Crippen LogP contribution in [-0.4, -0.2) is 15.1 Å². The minimum absolute atomic E-state index is 0.544. The molecule has 1 N–H and O–H groups in total. The molecule has 3 heteroatoms. The zero-order valence-electron chi connectivity index (χ0n) is 10.4. The van der Waals surface area contributed by atoms with Crippen LogP contribution in [0.15, 0.2) is 61.2 Å². The molecule has 0 saturated heterocycles. The SMILES string of the molecule is OC(Cc1cccnc1)c1cccc2ccncc12. The van der Waals surface area contributed by atoms with Crippen LogP contribution in [0.25, 0.3) is 10.8 Å². The van der Waals surface area contributed by atoms with Crippen molar-refractivity contribution in [2.75, 3.05) is 0 Å². The lowest BCUT2D eigenvalue weighted by Gasteiger charge is -2.13. The normalized spacial score (nSPS) is 12.5. The highest BCUT2D eigenvalue weighted by molar-refractivity contribution is 5.85. The third-order valence-electron chi connectivity index (χ3n) is 3.23. The maximum atomic E-state index is 10.4. The summed E-state index contributed by atoms with van der Waals surface area (Å²) in [5.41, 5.74) is 1.94. The van der Waals surface area contributed by atoms with E-state index < -0.39 is 6.10 Å². The summed E-state index contributed by atoms with van der Waals surface area (Å²) in [4.78, 5) is 8.21. The number of benzene rings is 1. The van der Waals surface area contributed by atoms with Gasteiger partial charge in [0.1, 0.15) is 0 Å². The summed E-state index contributed by atoms with van der Waals surface area (Å²) < 4.78 is 0. The zero-order valence-corrected chi connectivity index (χ0v) is 10.4. The maximum absolute atomic E-state index is 10.4. The number of aliphatic hydroxyl groups is 1. The van der Waals surface area contributed by atoms with Gasteiger partial charge >= 0.3 is 0 Å². The molecule has 1 unspecified atom stereocenters. The first-order chi connectivity index (χ1) is 9.34. The van der Waals surface area contributed by atoms with E-state index in [0.717, 1.165) is 21.9 Å². The van der Waals surface area contributed by atoms with Crippen LogP contribution in [-0.2, 0) is 6.42 Å². The highest BCUT2D eigenvalue weighted by Crippen LogP contribution is 2.25. The average molecular weight is 250 g/mol. The minimum atomic E-state index is -0.544. The summed E-state index contributed by atoms with van der Waals surface area (Å²) >= 11 is 0. The van der Waals surface area contributed by atoms with Crippen LogP contribution in [0.5, 0.6) is 0 Å². The number of aromatic nitrogens is 2. The smallest absolute Gasteiger partial charge is 0.0837 e. The lowest BCUT2D eigenvalue weighted by molar-refractivity contribution is 0.180. The van der Waals surface area contributed by atoms with Crippen molar-refractivity contribution < 1.29 is 5.11 Å². The Hall–Kier alpha value is -2.26. The first-order valence-electron chi connectivity index (χ1n) is 6.24. The molecular weight excluding hydrogens is 236 g/mol. The second kappa shape index (κ2) is 5.16. The minimum Gasteiger partial charge on any atom is -0.388 e. The fourth-order valence-corrected chi connectivity index (χ4v) is 2.28. The monoisotopic (exact) mass is 250 g/mol. The molecule has 0 amide bonds. The number of hydrogen-bond acceptors (Lipinski definition) is 3. The molecule has 2 heterocycles. The molecule has 0 spiro atoms. The Morgan fingerprint density at radius 2 is 1.84 bits per heavy atom. The predicted octanol–water partition coefficient (Wildman–Crippen LogP) is 2.91. The van der Waals surface area contributed by atoms with Crippen LogP contribution in [0.2, 0.25) is 0 Å². The Bertz CT molecular complexity index is 677. The lowest BCUT2D eigenvalue weighted by Crippen LogP contribution is -2.03. The van der Waals surface area contributed by atoms with Gasteiger partial charge < -0.3 is 5.11 Å². The second-order valence-electron chi connectivity index (χ2n) is 4.53. The van der Waals surface area contributed by atoms with E-state index >= 15 is 0 Å². The molecule has 0 aliphatic carbocycles. The van der Waals surface area contributed by atoms with Crippen molar-refractivity contribution in [2.45, 2.75) is 12.5 Å².